The number of ether oxygens (including phenoxy) is 1. The highest BCUT2D eigenvalue weighted by Crippen LogP contribution is 2.29. The Bertz CT molecular complexity index is 280. The Hall–Kier alpha value is -0.450. The van der Waals surface area contributed by atoms with E-state index in [1.54, 1.807) is 6.34 Å². The normalized spacial score (nSPS) is 30.4. The number of fused-ring (bicyclic) bond motifs is 1. The number of hydrogen-bond acceptors (Lipinski definition) is 4. The third kappa shape index (κ3) is 2.38. The summed E-state index contributed by atoms with van der Waals surface area (Å²) >= 11 is 6.04. The van der Waals surface area contributed by atoms with Crippen molar-refractivity contribution in [2.45, 2.75) is 25.9 Å². The molecule has 4 nitrogen and oxygen atoms in total. The van der Waals surface area contributed by atoms with Crippen molar-refractivity contribution in [3.63, 3.8) is 0 Å². The summed E-state index contributed by atoms with van der Waals surface area (Å²) in [6, 6.07) is 0. The first-order valence-corrected chi connectivity index (χ1v) is 5.77. The summed E-state index contributed by atoms with van der Waals surface area (Å²) in [6.07, 6.45) is 3.78. The first kappa shape index (κ1) is 11.0. The number of rotatable bonds is 4. The predicted octanol–water partition coefficient (Wildman–Crippen LogP) is 1.70. The van der Waals surface area contributed by atoms with Crippen molar-refractivity contribution in [1.29, 1.82) is 0 Å². The molecule has 2 heterocycles. The second-order valence-electron chi connectivity index (χ2n) is 3.87. The summed E-state index contributed by atoms with van der Waals surface area (Å²) < 4.78 is 5.52. The van der Waals surface area contributed by atoms with Crippen LogP contribution < -0.4 is 0 Å². The molecule has 84 valence electrons. The molecule has 15 heavy (non-hydrogen) atoms. The van der Waals surface area contributed by atoms with Gasteiger partial charge in [0.1, 0.15) is 24.4 Å². The smallest absolute Gasteiger partial charge is 0.115 e. The maximum Gasteiger partial charge on any atom is 0.115 e. The van der Waals surface area contributed by atoms with E-state index in [4.69, 9.17) is 16.3 Å². The van der Waals surface area contributed by atoms with E-state index < -0.39 is 0 Å². The van der Waals surface area contributed by atoms with E-state index in [0.717, 1.165) is 26.0 Å². The van der Waals surface area contributed by atoms with E-state index in [1.165, 1.54) is 0 Å². The summed E-state index contributed by atoms with van der Waals surface area (Å²) in [5.41, 5.74) is 0. The van der Waals surface area contributed by atoms with Crippen LogP contribution >= 0.6 is 11.6 Å². The van der Waals surface area contributed by atoms with Crippen LogP contribution in [0.3, 0.4) is 0 Å². The van der Waals surface area contributed by atoms with Gasteiger partial charge in [-0.1, -0.05) is 18.5 Å². The van der Waals surface area contributed by atoms with Crippen LogP contribution in [-0.4, -0.2) is 42.5 Å². The van der Waals surface area contributed by atoms with Gasteiger partial charge in [0, 0.05) is 19.1 Å². The Kier molecular flexibility index (Phi) is 3.72. The first-order chi connectivity index (χ1) is 7.33. The standard InChI is InChI=1S/C10H16ClN3O/c1-2-5-15-7-14-4-3-8-9(11)12-6-13-10(8)14/h6,8,10H,2-5,7H2,1H3. The highest BCUT2D eigenvalue weighted by Gasteiger charge is 2.37. The van der Waals surface area contributed by atoms with Gasteiger partial charge in [-0.25, -0.2) is 4.99 Å². The Morgan fingerprint density at radius 1 is 1.67 bits per heavy atom. The van der Waals surface area contributed by atoms with Crippen molar-refractivity contribution in [3.8, 4) is 0 Å². The molecule has 0 aromatic heterocycles. The largest absolute Gasteiger partial charge is 0.366 e. The van der Waals surface area contributed by atoms with Crippen LogP contribution in [0.1, 0.15) is 19.8 Å². The molecule has 1 fully saturated rings. The average molecular weight is 230 g/mol. The predicted molar refractivity (Wildman–Crippen MR) is 61.5 cm³/mol. The van der Waals surface area contributed by atoms with Crippen LogP contribution in [0.4, 0.5) is 0 Å². The topological polar surface area (TPSA) is 37.2 Å². The average Bonchev–Trinajstić information content (AvgIpc) is 2.64. The monoisotopic (exact) mass is 229 g/mol. The molecule has 0 aromatic carbocycles. The molecular weight excluding hydrogens is 214 g/mol. The highest BCUT2D eigenvalue weighted by molar-refractivity contribution is 6.66. The fourth-order valence-corrected chi connectivity index (χ4v) is 2.27. The summed E-state index contributed by atoms with van der Waals surface area (Å²) in [6.45, 7) is 4.55. The lowest BCUT2D eigenvalue weighted by Gasteiger charge is -2.25. The van der Waals surface area contributed by atoms with E-state index in [-0.39, 0.29) is 12.1 Å². The minimum Gasteiger partial charge on any atom is -0.366 e. The molecule has 0 bridgehead atoms. The van der Waals surface area contributed by atoms with Gasteiger partial charge in [-0.05, 0) is 12.8 Å². The summed E-state index contributed by atoms with van der Waals surface area (Å²) in [5.74, 6) is 0.280. The summed E-state index contributed by atoms with van der Waals surface area (Å²) in [4.78, 5) is 10.6. The third-order valence-corrected chi connectivity index (χ3v) is 3.15. The van der Waals surface area contributed by atoms with Gasteiger partial charge in [0.25, 0.3) is 0 Å². The number of halogens is 1. The fraction of sp³-hybridized carbons (Fsp3) is 0.800. The molecule has 0 radical (unpaired) electrons. The number of nitrogens with zero attached hydrogens (tertiary/aromatic N) is 3. The third-order valence-electron chi connectivity index (χ3n) is 2.77. The SMILES string of the molecule is CCCOCN1CCC2C(Cl)=NC=NC21. The van der Waals surface area contributed by atoms with Gasteiger partial charge < -0.3 is 4.74 Å². The van der Waals surface area contributed by atoms with Crippen LogP contribution in [0, 0.1) is 5.92 Å². The fourth-order valence-electron chi connectivity index (χ4n) is 2.00. The lowest BCUT2D eigenvalue weighted by molar-refractivity contribution is 0.0216. The number of likely N-dealkylation sites (tertiary alicyclic amines) is 1. The van der Waals surface area contributed by atoms with Crippen LogP contribution in [0.15, 0.2) is 9.98 Å². The van der Waals surface area contributed by atoms with Crippen LogP contribution in [0.25, 0.3) is 0 Å². The van der Waals surface area contributed by atoms with Crippen LogP contribution in [0.2, 0.25) is 0 Å². The molecule has 1 saturated heterocycles. The molecule has 0 aliphatic carbocycles. The Morgan fingerprint density at radius 3 is 3.33 bits per heavy atom. The molecule has 0 amide bonds. The summed E-state index contributed by atoms with van der Waals surface area (Å²) in [7, 11) is 0. The molecule has 2 aliphatic heterocycles. The first-order valence-electron chi connectivity index (χ1n) is 5.39. The minimum absolute atomic E-state index is 0.145. The second-order valence-corrected chi connectivity index (χ2v) is 4.26. The molecule has 5 heteroatoms. The van der Waals surface area contributed by atoms with E-state index in [2.05, 4.69) is 21.8 Å². The van der Waals surface area contributed by atoms with Gasteiger partial charge in [-0.3, -0.25) is 9.89 Å². The number of aliphatic imine (C=N–C) groups is 2. The van der Waals surface area contributed by atoms with E-state index in [0.29, 0.717) is 11.9 Å². The zero-order valence-corrected chi connectivity index (χ0v) is 9.65. The molecule has 2 rings (SSSR count). The van der Waals surface area contributed by atoms with Crippen molar-refractivity contribution in [2.75, 3.05) is 19.9 Å². The lowest BCUT2D eigenvalue weighted by Crippen LogP contribution is -2.36. The molecule has 2 aliphatic rings. The molecule has 0 saturated carbocycles. The lowest BCUT2D eigenvalue weighted by atomic mass is 10.1. The van der Waals surface area contributed by atoms with Gasteiger partial charge in [0.15, 0.2) is 0 Å². The van der Waals surface area contributed by atoms with Gasteiger partial charge in [-0.2, -0.15) is 0 Å². The zero-order valence-electron chi connectivity index (χ0n) is 8.90. The molecule has 0 N–H and O–H groups in total. The van der Waals surface area contributed by atoms with Crippen molar-refractivity contribution in [3.05, 3.63) is 0 Å². The summed E-state index contributed by atoms with van der Waals surface area (Å²) in [5, 5.41) is 0.688. The van der Waals surface area contributed by atoms with Crippen LogP contribution in [-0.2, 0) is 4.74 Å². The maximum absolute atomic E-state index is 6.04. The Morgan fingerprint density at radius 2 is 2.53 bits per heavy atom. The van der Waals surface area contributed by atoms with Gasteiger partial charge >= 0.3 is 0 Å². The van der Waals surface area contributed by atoms with Crippen molar-refractivity contribution >= 4 is 23.1 Å². The molecule has 2 unspecified atom stereocenters. The van der Waals surface area contributed by atoms with Gasteiger partial charge in [0.2, 0.25) is 0 Å². The van der Waals surface area contributed by atoms with Gasteiger partial charge in [0.05, 0.1) is 0 Å². The van der Waals surface area contributed by atoms with Gasteiger partial charge in [-0.15, -0.1) is 0 Å². The Balaban J connectivity index is 1.89. The van der Waals surface area contributed by atoms with Crippen molar-refractivity contribution in [1.82, 2.24) is 4.90 Å². The van der Waals surface area contributed by atoms with E-state index in [1.807, 2.05) is 0 Å². The molecule has 2 atom stereocenters. The molecular formula is C10H16ClN3O. The van der Waals surface area contributed by atoms with Crippen molar-refractivity contribution < 1.29 is 4.74 Å². The zero-order chi connectivity index (χ0) is 10.7. The van der Waals surface area contributed by atoms with Crippen LogP contribution in [0.5, 0.6) is 0 Å². The molecule has 0 aromatic rings. The van der Waals surface area contributed by atoms with Crippen molar-refractivity contribution in [2.24, 2.45) is 15.9 Å². The maximum atomic E-state index is 6.04. The molecule has 0 spiro atoms. The minimum atomic E-state index is 0.145. The quantitative estimate of drug-likeness (QED) is 0.688. The number of hydrogen-bond donors (Lipinski definition) is 0. The van der Waals surface area contributed by atoms with E-state index in [9.17, 15) is 0 Å². The Labute approximate surface area is 95.0 Å². The van der Waals surface area contributed by atoms with E-state index >= 15 is 0 Å². The second kappa shape index (κ2) is 5.05. The highest BCUT2D eigenvalue weighted by atomic mass is 35.5.